The Balaban J connectivity index is 1.57. The summed E-state index contributed by atoms with van der Waals surface area (Å²) in [6.07, 6.45) is 7.19. The highest BCUT2D eigenvalue weighted by molar-refractivity contribution is 5.82. The first-order valence-corrected chi connectivity index (χ1v) is 8.32. The van der Waals surface area contributed by atoms with Crippen LogP contribution in [-0.4, -0.2) is 29.9 Å². The van der Waals surface area contributed by atoms with Gasteiger partial charge in [0, 0.05) is 13.1 Å². The fraction of sp³-hybridized carbons (Fsp3) is 0.611. The number of hydrogen-bond donors (Lipinski definition) is 1. The molecule has 3 rings (SSSR count). The Morgan fingerprint density at radius 3 is 2.62 bits per heavy atom. The summed E-state index contributed by atoms with van der Waals surface area (Å²) < 4.78 is 0. The average molecular weight is 286 g/mol. The van der Waals surface area contributed by atoms with E-state index in [0.717, 1.165) is 30.5 Å². The topological polar surface area (TPSA) is 46.3 Å². The van der Waals surface area contributed by atoms with Crippen molar-refractivity contribution >= 4 is 5.91 Å². The number of hydrogen-bond acceptors (Lipinski definition) is 2. The van der Waals surface area contributed by atoms with Gasteiger partial charge in [0.25, 0.3) is 0 Å². The van der Waals surface area contributed by atoms with Crippen molar-refractivity contribution < 1.29 is 4.79 Å². The van der Waals surface area contributed by atoms with E-state index in [4.69, 9.17) is 5.73 Å². The molecule has 2 N–H and O–H groups in total. The number of rotatable bonds is 3. The number of nitrogens with zero attached hydrogens (tertiary/aromatic N) is 1. The Kier molecular flexibility index (Phi) is 4.59. The summed E-state index contributed by atoms with van der Waals surface area (Å²) in [5, 5.41) is 0. The molecule has 3 atom stereocenters. The number of amides is 1. The van der Waals surface area contributed by atoms with Crippen LogP contribution in [0.15, 0.2) is 30.3 Å². The molecule has 3 nitrogen and oxygen atoms in total. The van der Waals surface area contributed by atoms with E-state index < -0.39 is 6.04 Å². The van der Waals surface area contributed by atoms with E-state index in [9.17, 15) is 4.79 Å². The summed E-state index contributed by atoms with van der Waals surface area (Å²) in [4.78, 5) is 14.6. The van der Waals surface area contributed by atoms with Crippen molar-refractivity contribution in [2.75, 3.05) is 13.1 Å². The maximum atomic E-state index is 12.6. The molecule has 3 heteroatoms. The van der Waals surface area contributed by atoms with Crippen molar-refractivity contribution in [2.24, 2.45) is 17.6 Å². The summed E-state index contributed by atoms with van der Waals surface area (Å²) in [7, 11) is 0. The summed E-state index contributed by atoms with van der Waals surface area (Å²) >= 11 is 0. The predicted octanol–water partition coefficient (Wildman–Crippen LogP) is 2.60. The van der Waals surface area contributed by atoms with Gasteiger partial charge < -0.3 is 10.6 Å². The molecule has 1 aliphatic carbocycles. The molecule has 21 heavy (non-hydrogen) atoms. The molecule has 114 valence electrons. The van der Waals surface area contributed by atoms with Crippen LogP contribution in [-0.2, 0) is 11.2 Å². The number of benzene rings is 1. The maximum absolute atomic E-state index is 12.6. The maximum Gasteiger partial charge on any atom is 0.239 e. The minimum absolute atomic E-state index is 0.142. The molecule has 1 saturated carbocycles. The van der Waals surface area contributed by atoms with Crippen LogP contribution in [0.1, 0.15) is 37.7 Å². The lowest BCUT2D eigenvalue weighted by molar-refractivity contribution is -0.135. The van der Waals surface area contributed by atoms with Crippen molar-refractivity contribution in [1.82, 2.24) is 4.90 Å². The number of carbonyl (C=O) groups excluding carboxylic acids is 1. The lowest BCUT2D eigenvalue weighted by Crippen LogP contribution is -2.51. The zero-order chi connectivity index (χ0) is 14.7. The smallest absolute Gasteiger partial charge is 0.239 e. The summed E-state index contributed by atoms with van der Waals surface area (Å²) in [6, 6.07) is 9.68. The number of fused-ring (bicyclic) bond motifs is 1. The number of likely N-dealkylation sites (tertiary alicyclic amines) is 1. The highest BCUT2D eigenvalue weighted by atomic mass is 16.2. The van der Waals surface area contributed by atoms with Gasteiger partial charge in [-0.3, -0.25) is 4.79 Å². The van der Waals surface area contributed by atoms with Crippen molar-refractivity contribution in [3.63, 3.8) is 0 Å². The van der Waals surface area contributed by atoms with Gasteiger partial charge in [-0.1, -0.05) is 49.6 Å². The highest BCUT2D eigenvalue weighted by Crippen LogP contribution is 2.36. The van der Waals surface area contributed by atoms with E-state index in [1.54, 1.807) is 0 Å². The second-order valence-electron chi connectivity index (χ2n) is 6.67. The Bertz CT molecular complexity index is 473. The first-order chi connectivity index (χ1) is 10.2. The minimum atomic E-state index is -0.396. The van der Waals surface area contributed by atoms with E-state index in [1.807, 2.05) is 35.2 Å². The van der Waals surface area contributed by atoms with Crippen molar-refractivity contribution in [2.45, 2.75) is 44.6 Å². The van der Waals surface area contributed by atoms with Crippen LogP contribution in [0.4, 0.5) is 0 Å². The van der Waals surface area contributed by atoms with E-state index in [-0.39, 0.29) is 5.91 Å². The molecule has 1 aliphatic heterocycles. The number of carbonyl (C=O) groups is 1. The second kappa shape index (κ2) is 6.61. The monoisotopic (exact) mass is 286 g/mol. The Morgan fingerprint density at radius 2 is 1.86 bits per heavy atom. The molecule has 1 saturated heterocycles. The van der Waals surface area contributed by atoms with Crippen molar-refractivity contribution in [3.05, 3.63) is 35.9 Å². The van der Waals surface area contributed by atoms with Gasteiger partial charge in [-0.05, 0) is 36.7 Å². The number of piperidine rings is 1. The van der Waals surface area contributed by atoms with Crippen LogP contribution in [0.5, 0.6) is 0 Å². The molecule has 1 amide bonds. The van der Waals surface area contributed by atoms with Gasteiger partial charge in [0.15, 0.2) is 0 Å². The first kappa shape index (κ1) is 14.6. The SMILES string of the molecule is NC(Cc1ccccc1)C(=O)N1CCC2CCCCC2C1. The normalized spacial score (nSPS) is 27.0. The van der Waals surface area contributed by atoms with E-state index in [0.29, 0.717) is 6.42 Å². The van der Waals surface area contributed by atoms with Crippen LogP contribution in [0.25, 0.3) is 0 Å². The lowest BCUT2D eigenvalue weighted by Gasteiger charge is -2.42. The van der Waals surface area contributed by atoms with Crippen LogP contribution < -0.4 is 5.73 Å². The van der Waals surface area contributed by atoms with Crippen LogP contribution >= 0.6 is 0 Å². The third-order valence-electron chi connectivity index (χ3n) is 5.22. The second-order valence-corrected chi connectivity index (χ2v) is 6.67. The fourth-order valence-electron chi connectivity index (χ4n) is 3.99. The molecule has 0 aromatic heterocycles. The Labute approximate surface area is 127 Å². The van der Waals surface area contributed by atoms with Gasteiger partial charge >= 0.3 is 0 Å². The largest absolute Gasteiger partial charge is 0.341 e. The molecular formula is C18H26N2O. The van der Waals surface area contributed by atoms with Gasteiger partial charge in [0.1, 0.15) is 0 Å². The Hall–Kier alpha value is -1.35. The van der Waals surface area contributed by atoms with Crippen molar-refractivity contribution in [3.8, 4) is 0 Å². The minimum Gasteiger partial charge on any atom is -0.341 e. The molecule has 1 aromatic carbocycles. The van der Waals surface area contributed by atoms with Gasteiger partial charge in [0.2, 0.25) is 5.91 Å². The lowest BCUT2D eigenvalue weighted by atomic mass is 9.75. The molecule has 1 heterocycles. The molecule has 3 unspecified atom stereocenters. The molecular weight excluding hydrogens is 260 g/mol. The highest BCUT2D eigenvalue weighted by Gasteiger charge is 2.34. The van der Waals surface area contributed by atoms with E-state index >= 15 is 0 Å². The zero-order valence-electron chi connectivity index (χ0n) is 12.7. The van der Waals surface area contributed by atoms with Crippen molar-refractivity contribution in [1.29, 1.82) is 0 Å². The summed E-state index contributed by atoms with van der Waals surface area (Å²) in [6.45, 7) is 1.84. The zero-order valence-corrected chi connectivity index (χ0v) is 12.7. The Morgan fingerprint density at radius 1 is 1.14 bits per heavy atom. The molecule has 0 spiro atoms. The fourth-order valence-corrected chi connectivity index (χ4v) is 3.99. The average Bonchev–Trinajstić information content (AvgIpc) is 2.54. The number of nitrogens with two attached hydrogens (primary N) is 1. The van der Waals surface area contributed by atoms with Gasteiger partial charge in [-0.15, -0.1) is 0 Å². The molecule has 2 aliphatic rings. The summed E-state index contributed by atoms with van der Waals surface area (Å²) in [5.41, 5.74) is 7.30. The third kappa shape index (κ3) is 3.46. The predicted molar refractivity (Wildman–Crippen MR) is 84.8 cm³/mol. The third-order valence-corrected chi connectivity index (χ3v) is 5.22. The van der Waals surface area contributed by atoms with Crippen LogP contribution in [0.2, 0.25) is 0 Å². The molecule has 0 radical (unpaired) electrons. The molecule has 1 aromatic rings. The van der Waals surface area contributed by atoms with Gasteiger partial charge in [-0.25, -0.2) is 0 Å². The quantitative estimate of drug-likeness (QED) is 0.928. The van der Waals surface area contributed by atoms with Gasteiger partial charge in [-0.2, -0.15) is 0 Å². The van der Waals surface area contributed by atoms with E-state index in [1.165, 1.54) is 32.1 Å². The molecule has 0 bridgehead atoms. The van der Waals surface area contributed by atoms with Crippen LogP contribution in [0, 0.1) is 11.8 Å². The molecule has 2 fully saturated rings. The van der Waals surface area contributed by atoms with Crippen LogP contribution in [0.3, 0.4) is 0 Å². The van der Waals surface area contributed by atoms with E-state index in [2.05, 4.69) is 0 Å². The standard InChI is InChI=1S/C18H26N2O/c19-17(12-14-6-2-1-3-7-14)18(21)20-11-10-15-8-4-5-9-16(15)13-20/h1-3,6-7,15-17H,4-5,8-13,19H2. The van der Waals surface area contributed by atoms with Gasteiger partial charge in [0.05, 0.1) is 6.04 Å². The first-order valence-electron chi connectivity index (χ1n) is 8.32. The summed E-state index contributed by atoms with van der Waals surface area (Å²) in [5.74, 6) is 1.72.